The lowest BCUT2D eigenvalue weighted by Crippen LogP contribution is -2.46. The van der Waals surface area contributed by atoms with Crippen molar-refractivity contribution in [1.82, 2.24) is 19.9 Å². The number of rotatable bonds is 6. The molecule has 3 N–H and O–H groups in total. The average molecular weight is 595 g/mol. The van der Waals surface area contributed by atoms with Crippen LogP contribution in [-0.2, 0) is 9.59 Å². The average Bonchev–Trinajstić information content (AvgIpc) is 3.32. The van der Waals surface area contributed by atoms with Crippen molar-refractivity contribution in [3.8, 4) is 22.4 Å². The zero-order valence-electron chi connectivity index (χ0n) is 23.1. The Morgan fingerprint density at radius 2 is 1.68 bits per heavy atom. The summed E-state index contributed by atoms with van der Waals surface area (Å²) in [6, 6.07) is 17.6. The van der Waals surface area contributed by atoms with Crippen LogP contribution in [0.4, 0.5) is 11.6 Å². The van der Waals surface area contributed by atoms with Gasteiger partial charge in [0.2, 0.25) is 12.3 Å². The molecule has 0 spiro atoms. The zero-order valence-corrected chi connectivity index (χ0v) is 24.6. The molecule has 4 aromatic rings. The van der Waals surface area contributed by atoms with E-state index < -0.39 is 5.41 Å². The van der Waals surface area contributed by atoms with Crippen LogP contribution in [0.25, 0.3) is 28.0 Å². The molecule has 2 amide bonds. The van der Waals surface area contributed by atoms with Gasteiger partial charge in [0, 0.05) is 55.3 Å². The number of nitrogens with zero attached hydrogens (tertiary/aromatic N) is 5. The molecule has 6 rings (SSSR count). The van der Waals surface area contributed by atoms with Crippen molar-refractivity contribution in [3.63, 3.8) is 0 Å². The van der Waals surface area contributed by atoms with Crippen LogP contribution in [-0.4, -0.2) is 60.1 Å². The first kappa shape index (κ1) is 28.7. The maximum atomic E-state index is 12.1. The van der Waals surface area contributed by atoms with Crippen molar-refractivity contribution < 1.29 is 9.59 Å². The zero-order chi connectivity index (χ0) is 29.1. The Bertz CT molecular complexity index is 1560. The van der Waals surface area contributed by atoms with E-state index in [-0.39, 0.29) is 5.91 Å². The summed E-state index contributed by atoms with van der Waals surface area (Å²) in [5, 5.41) is 8.66. The predicted molar refractivity (Wildman–Crippen MR) is 165 cm³/mol. The lowest BCUT2D eigenvalue weighted by molar-refractivity contribution is -0.127. The third-order valence-electron chi connectivity index (χ3n) is 7.90. The normalized spacial score (nSPS) is 16.0. The Hall–Kier alpha value is -3.82. The Morgan fingerprint density at radius 1 is 1.02 bits per heavy atom. The number of aromatic nitrogens is 3. The number of halogens is 2. The highest BCUT2D eigenvalue weighted by atomic mass is 35.5. The minimum Gasteiger partial charge on any atom is -0.369 e. The molecule has 11 heteroatoms. The van der Waals surface area contributed by atoms with Crippen LogP contribution in [0.1, 0.15) is 26.2 Å². The molecular formula is C30H33Cl2N7O2. The number of nitrogens with two attached hydrogens (primary N) is 1. The van der Waals surface area contributed by atoms with Crippen molar-refractivity contribution in [2.45, 2.75) is 26.2 Å². The van der Waals surface area contributed by atoms with Crippen LogP contribution < -0.4 is 20.9 Å². The van der Waals surface area contributed by atoms with Gasteiger partial charge in [0.15, 0.2) is 5.65 Å². The number of fused-ring (bicyclic) bond motifs is 1. The molecule has 0 bridgehead atoms. The van der Waals surface area contributed by atoms with Gasteiger partial charge in [0.05, 0.1) is 10.6 Å². The summed E-state index contributed by atoms with van der Waals surface area (Å²) in [6.45, 7) is 5.32. The van der Waals surface area contributed by atoms with Gasteiger partial charge in [0.25, 0.3) is 0 Å². The Labute approximate surface area is 249 Å². The molecule has 41 heavy (non-hydrogen) atoms. The number of carbonyl (C=O) groups excluding carboxylic acids is 2. The van der Waals surface area contributed by atoms with Crippen molar-refractivity contribution in [3.05, 3.63) is 64.6 Å². The second-order valence-corrected chi connectivity index (χ2v) is 11.4. The fourth-order valence-electron chi connectivity index (χ4n) is 5.12. The third-order valence-corrected chi connectivity index (χ3v) is 8.48. The summed E-state index contributed by atoms with van der Waals surface area (Å²) in [6.07, 6.45) is 3.15. The SMILES string of the molecule is CC1(C(N)=O)CCN(c2cc(N3CCC3)nc3c(-c4ccc(Cl)cc4)c(-c4ccccc4Cl)nn23)CC1.CNC=O. The highest BCUT2D eigenvalue weighted by Crippen LogP contribution is 2.41. The van der Waals surface area contributed by atoms with E-state index in [1.165, 1.54) is 0 Å². The monoisotopic (exact) mass is 593 g/mol. The summed E-state index contributed by atoms with van der Waals surface area (Å²) in [4.78, 5) is 30.9. The molecule has 2 aromatic carbocycles. The summed E-state index contributed by atoms with van der Waals surface area (Å²) in [5.74, 6) is 1.64. The minimum absolute atomic E-state index is 0.238. The van der Waals surface area contributed by atoms with E-state index in [1.54, 1.807) is 7.05 Å². The molecule has 0 saturated carbocycles. The lowest BCUT2D eigenvalue weighted by atomic mass is 9.80. The van der Waals surface area contributed by atoms with Gasteiger partial charge in [-0.25, -0.2) is 4.98 Å². The van der Waals surface area contributed by atoms with E-state index in [4.69, 9.17) is 43.8 Å². The largest absolute Gasteiger partial charge is 0.369 e. The first-order valence-electron chi connectivity index (χ1n) is 13.6. The summed E-state index contributed by atoms with van der Waals surface area (Å²) >= 11 is 12.9. The van der Waals surface area contributed by atoms with Crippen molar-refractivity contribution in [1.29, 1.82) is 0 Å². The topological polar surface area (TPSA) is 109 Å². The quantitative estimate of drug-likeness (QED) is 0.303. The second kappa shape index (κ2) is 12.0. The van der Waals surface area contributed by atoms with Gasteiger partial charge in [-0.15, -0.1) is 0 Å². The molecule has 2 aliphatic rings. The fourth-order valence-corrected chi connectivity index (χ4v) is 5.47. The van der Waals surface area contributed by atoms with Gasteiger partial charge < -0.3 is 20.9 Å². The minimum atomic E-state index is -0.496. The molecule has 0 atom stereocenters. The fraction of sp³-hybridized carbons (Fsp3) is 0.333. The number of benzene rings is 2. The number of primary amides is 1. The molecule has 0 aliphatic carbocycles. The van der Waals surface area contributed by atoms with E-state index >= 15 is 0 Å². The molecule has 0 unspecified atom stereocenters. The van der Waals surface area contributed by atoms with Crippen LogP contribution in [0, 0.1) is 5.41 Å². The smallest absolute Gasteiger partial charge is 0.223 e. The first-order chi connectivity index (χ1) is 19.8. The van der Waals surface area contributed by atoms with Crippen LogP contribution in [0.15, 0.2) is 54.6 Å². The number of hydrogen-bond acceptors (Lipinski definition) is 6. The maximum Gasteiger partial charge on any atom is 0.223 e. The van der Waals surface area contributed by atoms with E-state index in [0.29, 0.717) is 42.4 Å². The summed E-state index contributed by atoms with van der Waals surface area (Å²) in [7, 11) is 1.56. The third kappa shape index (κ3) is 5.69. The first-order valence-corrected chi connectivity index (χ1v) is 14.4. The summed E-state index contributed by atoms with van der Waals surface area (Å²) in [5.41, 5.74) is 9.48. The number of amides is 2. The van der Waals surface area contributed by atoms with Crippen molar-refractivity contribution in [2.24, 2.45) is 11.1 Å². The standard InChI is InChI=1S/C28H28Cl2N6O.C2H5NO/c1-28(27(31)37)11-15-35(16-12-28)23-17-22(34-13-4-14-34)32-26-24(18-7-9-19(29)10-8-18)25(33-36(23)26)20-5-2-3-6-21(20)30;1-3-2-4/h2-3,5-10,17H,4,11-16H2,1H3,(H2,31,37);2H,1H3,(H,3,4). The van der Waals surface area contributed by atoms with E-state index in [9.17, 15) is 4.79 Å². The van der Waals surface area contributed by atoms with Gasteiger partial charge in [0.1, 0.15) is 17.3 Å². The Balaban J connectivity index is 0.000000794. The predicted octanol–water partition coefficient (Wildman–Crippen LogP) is 5.03. The number of carbonyl (C=O) groups is 2. The summed E-state index contributed by atoms with van der Waals surface area (Å²) < 4.78 is 1.93. The van der Waals surface area contributed by atoms with E-state index in [0.717, 1.165) is 59.2 Å². The molecule has 0 radical (unpaired) electrons. The number of anilines is 2. The molecule has 2 aromatic heterocycles. The highest BCUT2D eigenvalue weighted by molar-refractivity contribution is 6.33. The van der Waals surface area contributed by atoms with Crippen LogP contribution in [0.3, 0.4) is 0 Å². The van der Waals surface area contributed by atoms with Gasteiger partial charge >= 0.3 is 0 Å². The van der Waals surface area contributed by atoms with Crippen molar-refractivity contribution >= 4 is 52.8 Å². The molecule has 2 saturated heterocycles. The maximum absolute atomic E-state index is 12.1. The van der Waals surface area contributed by atoms with Crippen LogP contribution in [0.2, 0.25) is 10.0 Å². The van der Waals surface area contributed by atoms with E-state index in [1.807, 2.05) is 60.0 Å². The number of hydrogen-bond donors (Lipinski definition) is 2. The van der Waals surface area contributed by atoms with Gasteiger partial charge in [-0.3, -0.25) is 9.59 Å². The Kier molecular flexibility index (Phi) is 8.37. The van der Waals surface area contributed by atoms with Gasteiger partial charge in [-0.05, 0) is 43.0 Å². The van der Waals surface area contributed by atoms with Crippen molar-refractivity contribution in [2.75, 3.05) is 43.0 Å². The molecule has 2 fully saturated rings. The van der Waals surface area contributed by atoms with Gasteiger partial charge in [-0.1, -0.05) is 60.5 Å². The molecule has 2 aliphatic heterocycles. The molecule has 9 nitrogen and oxygen atoms in total. The number of piperidine rings is 1. The van der Waals surface area contributed by atoms with Crippen LogP contribution in [0.5, 0.6) is 0 Å². The lowest BCUT2D eigenvalue weighted by Gasteiger charge is -2.39. The van der Waals surface area contributed by atoms with Crippen LogP contribution >= 0.6 is 23.2 Å². The van der Waals surface area contributed by atoms with Gasteiger partial charge in [-0.2, -0.15) is 9.61 Å². The Morgan fingerprint density at radius 3 is 2.24 bits per heavy atom. The number of nitrogens with one attached hydrogen (secondary N) is 1. The highest BCUT2D eigenvalue weighted by Gasteiger charge is 2.36. The van der Waals surface area contributed by atoms with E-state index in [2.05, 4.69) is 21.2 Å². The molecular weight excluding hydrogens is 561 g/mol. The molecule has 214 valence electrons. The molecule has 4 heterocycles. The second-order valence-electron chi connectivity index (χ2n) is 10.6.